The van der Waals surface area contributed by atoms with E-state index in [2.05, 4.69) is 28.3 Å². The average molecular weight is 228 g/mol. The molecule has 0 saturated heterocycles. The SMILES string of the molecule is ON=C1CCCCCc2c1[nH]c1ccccc21. The van der Waals surface area contributed by atoms with Crippen LogP contribution in [-0.4, -0.2) is 15.9 Å². The van der Waals surface area contributed by atoms with Crippen molar-refractivity contribution in [2.24, 2.45) is 5.16 Å². The van der Waals surface area contributed by atoms with Crippen LogP contribution in [0.25, 0.3) is 10.9 Å². The fourth-order valence-corrected chi connectivity index (χ4v) is 2.70. The fourth-order valence-electron chi connectivity index (χ4n) is 2.70. The molecular formula is C14H16N2O. The van der Waals surface area contributed by atoms with Gasteiger partial charge >= 0.3 is 0 Å². The van der Waals surface area contributed by atoms with E-state index in [-0.39, 0.29) is 0 Å². The van der Waals surface area contributed by atoms with Crippen LogP contribution in [-0.2, 0) is 6.42 Å². The molecule has 1 aliphatic carbocycles. The van der Waals surface area contributed by atoms with Crippen molar-refractivity contribution in [1.82, 2.24) is 4.98 Å². The second kappa shape index (κ2) is 4.24. The highest BCUT2D eigenvalue weighted by molar-refractivity contribution is 6.05. The van der Waals surface area contributed by atoms with Gasteiger partial charge in [0.2, 0.25) is 0 Å². The largest absolute Gasteiger partial charge is 0.411 e. The lowest BCUT2D eigenvalue weighted by molar-refractivity contribution is 0.317. The number of aromatic nitrogens is 1. The molecule has 0 amide bonds. The van der Waals surface area contributed by atoms with E-state index in [0.717, 1.165) is 36.2 Å². The zero-order valence-electron chi connectivity index (χ0n) is 9.74. The van der Waals surface area contributed by atoms with Gasteiger partial charge in [0.05, 0.1) is 5.69 Å². The van der Waals surface area contributed by atoms with E-state index in [4.69, 9.17) is 5.21 Å². The third kappa shape index (κ3) is 1.71. The number of fused-ring (bicyclic) bond motifs is 3. The van der Waals surface area contributed by atoms with E-state index in [0.29, 0.717) is 0 Å². The number of para-hydroxylation sites is 1. The van der Waals surface area contributed by atoms with Gasteiger partial charge in [-0.3, -0.25) is 0 Å². The van der Waals surface area contributed by atoms with E-state index >= 15 is 0 Å². The Balaban J connectivity index is 2.24. The molecule has 3 heteroatoms. The van der Waals surface area contributed by atoms with Gasteiger partial charge in [-0.05, 0) is 37.3 Å². The van der Waals surface area contributed by atoms with Crippen LogP contribution in [0.5, 0.6) is 0 Å². The number of nitrogens with zero attached hydrogens (tertiary/aromatic N) is 1. The molecular weight excluding hydrogens is 212 g/mol. The Morgan fingerprint density at radius 3 is 2.76 bits per heavy atom. The summed E-state index contributed by atoms with van der Waals surface area (Å²) in [7, 11) is 0. The quantitative estimate of drug-likeness (QED) is 0.526. The van der Waals surface area contributed by atoms with Gasteiger partial charge in [0, 0.05) is 10.9 Å². The van der Waals surface area contributed by atoms with Gasteiger partial charge < -0.3 is 10.2 Å². The minimum atomic E-state index is 0.802. The smallest absolute Gasteiger partial charge is 0.103 e. The number of H-pyrrole nitrogens is 1. The highest BCUT2D eigenvalue weighted by Gasteiger charge is 2.17. The molecule has 0 spiro atoms. The number of hydrogen-bond donors (Lipinski definition) is 2. The molecule has 1 aromatic heterocycles. The highest BCUT2D eigenvalue weighted by atomic mass is 16.4. The number of aromatic amines is 1. The van der Waals surface area contributed by atoms with Gasteiger partial charge in [0.15, 0.2) is 0 Å². The predicted molar refractivity (Wildman–Crippen MR) is 68.8 cm³/mol. The van der Waals surface area contributed by atoms with Crippen LogP contribution in [0.1, 0.15) is 36.9 Å². The summed E-state index contributed by atoms with van der Waals surface area (Å²) in [5, 5.41) is 13.9. The number of nitrogens with one attached hydrogen (secondary N) is 1. The third-order valence-electron chi connectivity index (χ3n) is 3.56. The molecule has 2 aromatic rings. The molecule has 0 aliphatic heterocycles. The summed E-state index contributed by atoms with van der Waals surface area (Å²) in [4.78, 5) is 3.39. The Bertz CT molecular complexity index is 569. The Morgan fingerprint density at radius 2 is 1.88 bits per heavy atom. The lowest BCUT2D eigenvalue weighted by atomic mass is 9.95. The first-order valence-electron chi connectivity index (χ1n) is 6.21. The molecule has 0 saturated carbocycles. The van der Waals surface area contributed by atoms with Crippen molar-refractivity contribution in [1.29, 1.82) is 0 Å². The first kappa shape index (κ1) is 10.4. The molecule has 2 N–H and O–H groups in total. The number of rotatable bonds is 0. The minimum Gasteiger partial charge on any atom is -0.411 e. The van der Waals surface area contributed by atoms with Gasteiger partial charge in [-0.2, -0.15) is 0 Å². The van der Waals surface area contributed by atoms with Crippen molar-refractivity contribution in [2.45, 2.75) is 32.1 Å². The highest BCUT2D eigenvalue weighted by Crippen LogP contribution is 2.27. The van der Waals surface area contributed by atoms with Crippen LogP contribution in [0, 0.1) is 0 Å². The molecule has 0 fully saturated rings. The fraction of sp³-hybridized carbons (Fsp3) is 0.357. The normalized spacial score (nSPS) is 18.9. The molecule has 88 valence electrons. The van der Waals surface area contributed by atoms with E-state index in [9.17, 15) is 0 Å². The number of hydrogen-bond acceptors (Lipinski definition) is 2. The van der Waals surface area contributed by atoms with Gasteiger partial charge in [-0.15, -0.1) is 0 Å². The Hall–Kier alpha value is -1.77. The molecule has 3 rings (SSSR count). The second-order valence-electron chi connectivity index (χ2n) is 4.63. The molecule has 0 atom stereocenters. The first-order valence-corrected chi connectivity index (χ1v) is 6.21. The number of aryl methyl sites for hydroxylation is 1. The summed E-state index contributed by atoms with van der Waals surface area (Å²) in [6.45, 7) is 0. The third-order valence-corrected chi connectivity index (χ3v) is 3.56. The summed E-state index contributed by atoms with van der Waals surface area (Å²) in [6.07, 6.45) is 5.45. The van der Waals surface area contributed by atoms with Crippen molar-refractivity contribution in [3.63, 3.8) is 0 Å². The van der Waals surface area contributed by atoms with Gasteiger partial charge in [0.25, 0.3) is 0 Å². The van der Waals surface area contributed by atoms with Crippen molar-refractivity contribution >= 4 is 16.6 Å². The van der Waals surface area contributed by atoms with Gasteiger partial charge in [0.1, 0.15) is 5.71 Å². The van der Waals surface area contributed by atoms with Crippen molar-refractivity contribution in [3.8, 4) is 0 Å². The standard InChI is InChI=1S/C14H16N2O/c17-16-13-9-3-1-2-7-11-10-6-4-5-8-12(10)15-14(11)13/h4-6,8,15,17H,1-3,7,9H2. The van der Waals surface area contributed by atoms with Gasteiger partial charge in [-0.25, -0.2) is 0 Å². The molecule has 0 unspecified atom stereocenters. The molecule has 1 heterocycles. The molecule has 0 radical (unpaired) electrons. The summed E-state index contributed by atoms with van der Waals surface area (Å²) in [6, 6.07) is 8.31. The Morgan fingerprint density at radius 1 is 1.06 bits per heavy atom. The van der Waals surface area contributed by atoms with E-state index in [1.165, 1.54) is 23.8 Å². The second-order valence-corrected chi connectivity index (χ2v) is 4.63. The monoisotopic (exact) mass is 228 g/mol. The Labute approximate surface area is 100 Å². The van der Waals surface area contributed by atoms with Crippen LogP contribution in [0.3, 0.4) is 0 Å². The number of oxime groups is 1. The van der Waals surface area contributed by atoms with Crippen LogP contribution in [0.4, 0.5) is 0 Å². The zero-order valence-corrected chi connectivity index (χ0v) is 9.74. The van der Waals surface area contributed by atoms with Crippen molar-refractivity contribution < 1.29 is 5.21 Å². The van der Waals surface area contributed by atoms with E-state index in [1.807, 2.05) is 6.07 Å². The predicted octanol–water partition coefficient (Wildman–Crippen LogP) is 3.46. The maximum Gasteiger partial charge on any atom is 0.103 e. The maximum absolute atomic E-state index is 9.15. The average Bonchev–Trinajstić information content (AvgIpc) is 2.68. The lowest BCUT2D eigenvalue weighted by Crippen LogP contribution is -2.08. The lowest BCUT2D eigenvalue weighted by Gasteiger charge is -2.10. The van der Waals surface area contributed by atoms with E-state index in [1.54, 1.807) is 0 Å². The summed E-state index contributed by atoms with van der Waals surface area (Å²) >= 11 is 0. The molecule has 1 aliphatic rings. The summed E-state index contributed by atoms with van der Waals surface area (Å²) in [5.41, 5.74) is 4.29. The molecule has 1 aromatic carbocycles. The molecule has 3 nitrogen and oxygen atoms in total. The van der Waals surface area contributed by atoms with E-state index < -0.39 is 0 Å². The van der Waals surface area contributed by atoms with Crippen molar-refractivity contribution in [3.05, 3.63) is 35.5 Å². The maximum atomic E-state index is 9.15. The zero-order chi connectivity index (χ0) is 11.7. The van der Waals surface area contributed by atoms with Gasteiger partial charge in [-0.1, -0.05) is 29.8 Å². The van der Waals surface area contributed by atoms with Crippen molar-refractivity contribution in [2.75, 3.05) is 0 Å². The summed E-state index contributed by atoms with van der Waals surface area (Å²) in [5.74, 6) is 0. The molecule has 17 heavy (non-hydrogen) atoms. The first-order chi connectivity index (χ1) is 8.40. The summed E-state index contributed by atoms with van der Waals surface area (Å²) < 4.78 is 0. The minimum absolute atomic E-state index is 0.802. The van der Waals surface area contributed by atoms with Crippen LogP contribution < -0.4 is 0 Å². The van der Waals surface area contributed by atoms with Crippen LogP contribution in [0.15, 0.2) is 29.4 Å². The van der Waals surface area contributed by atoms with Crippen LogP contribution in [0.2, 0.25) is 0 Å². The number of benzene rings is 1. The topological polar surface area (TPSA) is 48.4 Å². The molecule has 0 bridgehead atoms. The Kier molecular flexibility index (Phi) is 2.59. The van der Waals surface area contributed by atoms with Crippen LogP contribution >= 0.6 is 0 Å².